The molecule has 0 radical (unpaired) electrons. The van der Waals surface area contributed by atoms with Crippen LogP contribution in [0.3, 0.4) is 0 Å². The Balaban J connectivity index is 1.25. The quantitative estimate of drug-likeness (QED) is 0.700. The van der Waals surface area contributed by atoms with Gasteiger partial charge in [-0.2, -0.15) is 0 Å². The highest BCUT2D eigenvalue weighted by atomic mass is 16.5. The number of imide groups is 1. The van der Waals surface area contributed by atoms with E-state index >= 15 is 0 Å². The molecule has 7 nitrogen and oxygen atoms in total. The molecule has 5 rings (SSSR count). The number of hydrogen-bond donors (Lipinski definition) is 0. The van der Waals surface area contributed by atoms with Crippen molar-refractivity contribution in [2.24, 2.45) is 0 Å². The number of rotatable bonds is 2. The van der Waals surface area contributed by atoms with Gasteiger partial charge in [0.1, 0.15) is 17.9 Å². The van der Waals surface area contributed by atoms with E-state index in [4.69, 9.17) is 4.74 Å². The number of aryl methyl sites for hydroxylation is 1. The number of ether oxygens (including phenoxy) is 1. The van der Waals surface area contributed by atoms with Crippen molar-refractivity contribution in [1.82, 2.24) is 9.80 Å². The van der Waals surface area contributed by atoms with Crippen molar-refractivity contribution in [2.45, 2.75) is 31.8 Å². The fraction of sp³-hybridized carbons (Fsp3) is 0.333. The zero-order chi connectivity index (χ0) is 21.8. The lowest BCUT2D eigenvalue weighted by Gasteiger charge is -2.44. The summed E-state index contributed by atoms with van der Waals surface area (Å²) in [7, 11) is 0. The molecule has 1 spiro atoms. The van der Waals surface area contributed by atoms with E-state index in [2.05, 4.69) is 0 Å². The molecule has 0 aliphatic carbocycles. The van der Waals surface area contributed by atoms with Gasteiger partial charge in [0.2, 0.25) is 5.91 Å². The van der Waals surface area contributed by atoms with Crippen molar-refractivity contribution >= 4 is 23.5 Å². The van der Waals surface area contributed by atoms with Gasteiger partial charge in [-0.25, -0.2) is 0 Å². The number of nitrogens with zero attached hydrogens (tertiary/aromatic N) is 2. The van der Waals surface area contributed by atoms with Crippen LogP contribution in [-0.4, -0.2) is 58.5 Å². The lowest BCUT2D eigenvalue weighted by atomic mass is 9.82. The van der Waals surface area contributed by atoms with Gasteiger partial charge >= 0.3 is 0 Å². The second-order valence-corrected chi connectivity index (χ2v) is 8.51. The van der Waals surface area contributed by atoms with Crippen molar-refractivity contribution in [1.29, 1.82) is 0 Å². The Morgan fingerprint density at radius 1 is 0.968 bits per heavy atom. The number of hydrogen-bond acceptors (Lipinski definition) is 5. The first-order valence-corrected chi connectivity index (χ1v) is 10.4. The third-order valence-electron chi connectivity index (χ3n) is 6.44. The van der Waals surface area contributed by atoms with Gasteiger partial charge in [-0.1, -0.05) is 23.8 Å². The topological polar surface area (TPSA) is 84.0 Å². The molecule has 0 bridgehead atoms. The number of piperidine rings is 1. The standard InChI is InChI=1S/C24H22N2O5/c1-15-6-7-20-18(12-15)19(27)13-24(31-20)8-10-25(11-9-24)21(28)14-26-22(29)16-4-2-3-5-17(16)23(26)30/h2-7,12H,8-11,13-14H2,1H3. The average Bonchev–Trinajstić information content (AvgIpc) is 3.00. The second kappa shape index (κ2) is 7.04. The van der Waals surface area contributed by atoms with Gasteiger partial charge in [0, 0.05) is 25.9 Å². The predicted octanol–water partition coefficient (Wildman–Crippen LogP) is 2.62. The molecule has 3 heterocycles. The van der Waals surface area contributed by atoms with Crippen LogP contribution in [0.5, 0.6) is 5.75 Å². The minimum atomic E-state index is -0.606. The maximum Gasteiger partial charge on any atom is 0.262 e. The third-order valence-corrected chi connectivity index (χ3v) is 6.44. The summed E-state index contributed by atoms with van der Waals surface area (Å²) in [5.74, 6) is -0.475. The van der Waals surface area contributed by atoms with Crippen LogP contribution in [0.15, 0.2) is 42.5 Å². The maximum absolute atomic E-state index is 12.8. The van der Waals surface area contributed by atoms with Crippen LogP contribution in [0.1, 0.15) is 55.9 Å². The van der Waals surface area contributed by atoms with Gasteiger partial charge in [0.25, 0.3) is 11.8 Å². The van der Waals surface area contributed by atoms with Crippen molar-refractivity contribution < 1.29 is 23.9 Å². The number of amides is 3. The monoisotopic (exact) mass is 418 g/mol. The fourth-order valence-electron chi connectivity index (χ4n) is 4.67. The Bertz CT molecular complexity index is 1100. The zero-order valence-electron chi connectivity index (χ0n) is 17.2. The number of fused-ring (bicyclic) bond motifs is 2. The molecule has 3 aliphatic rings. The SMILES string of the molecule is Cc1ccc2c(c1)C(=O)CC1(CCN(C(=O)CN3C(=O)c4ccccc4C3=O)CC1)O2. The maximum atomic E-state index is 12.8. The normalized spacial score (nSPS) is 19.3. The third kappa shape index (κ3) is 3.21. The van der Waals surface area contributed by atoms with E-state index in [0.29, 0.717) is 54.8 Å². The Morgan fingerprint density at radius 2 is 1.61 bits per heavy atom. The van der Waals surface area contributed by atoms with E-state index in [1.165, 1.54) is 0 Å². The zero-order valence-corrected chi connectivity index (χ0v) is 17.2. The molecule has 2 aromatic carbocycles. The first-order valence-electron chi connectivity index (χ1n) is 10.4. The Morgan fingerprint density at radius 3 is 2.26 bits per heavy atom. The fourth-order valence-corrected chi connectivity index (χ4v) is 4.67. The first-order chi connectivity index (χ1) is 14.9. The molecule has 1 fully saturated rings. The number of carbonyl (C=O) groups is 4. The highest BCUT2D eigenvalue weighted by Crippen LogP contribution is 2.39. The van der Waals surface area contributed by atoms with E-state index in [1.807, 2.05) is 25.1 Å². The van der Waals surface area contributed by atoms with Crippen LogP contribution in [-0.2, 0) is 4.79 Å². The number of carbonyl (C=O) groups excluding carboxylic acids is 4. The van der Waals surface area contributed by atoms with Gasteiger partial charge in [0.15, 0.2) is 5.78 Å². The highest BCUT2D eigenvalue weighted by molar-refractivity contribution is 6.22. The Hall–Kier alpha value is -3.48. The summed E-state index contributed by atoms with van der Waals surface area (Å²) >= 11 is 0. The summed E-state index contributed by atoms with van der Waals surface area (Å²) in [5.41, 5.74) is 1.70. The van der Waals surface area contributed by atoms with Gasteiger partial charge in [-0.15, -0.1) is 0 Å². The van der Waals surface area contributed by atoms with Crippen molar-refractivity contribution in [2.75, 3.05) is 19.6 Å². The minimum Gasteiger partial charge on any atom is -0.486 e. The lowest BCUT2D eigenvalue weighted by Crippen LogP contribution is -2.54. The van der Waals surface area contributed by atoms with E-state index in [0.717, 1.165) is 10.5 Å². The molecule has 3 amide bonds. The summed E-state index contributed by atoms with van der Waals surface area (Å²) in [6.45, 7) is 2.49. The van der Waals surface area contributed by atoms with Crippen LogP contribution in [0.4, 0.5) is 0 Å². The summed E-state index contributed by atoms with van der Waals surface area (Å²) in [6, 6.07) is 12.2. The molecule has 0 aromatic heterocycles. The molecule has 0 unspecified atom stereocenters. The highest BCUT2D eigenvalue weighted by Gasteiger charge is 2.44. The molecule has 2 aromatic rings. The predicted molar refractivity (Wildman–Crippen MR) is 111 cm³/mol. The molecule has 1 saturated heterocycles. The lowest BCUT2D eigenvalue weighted by molar-refractivity contribution is -0.135. The second-order valence-electron chi connectivity index (χ2n) is 8.51. The van der Waals surface area contributed by atoms with Crippen molar-refractivity contribution in [3.8, 4) is 5.75 Å². The largest absolute Gasteiger partial charge is 0.486 e. The molecule has 3 aliphatic heterocycles. The van der Waals surface area contributed by atoms with Crippen molar-refractivity contribution in [3.63, 3.8) is 0 Å². The molecule has 0 atom stereocenters. The van der Waals surface area contributed by atoms with E-state index in [9.17, 15) is 19.2 Å². The van der Waals surface area contributed by atoms with Gasteiger partial charge in [-0.05, 0) is 31.2 Å². The average molecular weight is 418 g/mol. The van der Waals surface area contributed by atoms with Crippen LogP contribution in [0.25, 0.3) is 0 Å². The van der Waals surface area contributed by atoms with Gasteiger partial charge in [-0.3, -0.25) is 24.1 Å². The summed E-state index contributed by atoms with van der Waals surface area (Å²) in [5, 5.41) is 0. The molecule has 7 heteroatoms. The van der Waals surface area contributed by atoms with Gasteiger partial charge in [0.05, 0.1) is 23.1 Å². The van der Waals surface area contributed by atoms with Crippen LogP contribution < -0.4 is 4.74 Å². The van der Waals surface area contributed by atoms with E-state index in [1.54, 1.807) is 29.2 Å². The minimum absolute atomic E-state index is 0.0655. The number of ketones is 1. The van der Waals surface area contributed by atoms with Gasteiger partial charge < -0.3 is 9.64 Å². The molecule has 31 heavy (non-hydrogen) atoms. The summed E-state index contributed by atoms with van der Waals surface area (Å²) in [6.07, 6.45) is 1.35. The van der Waals surface area contributed by atoms with Crippen molar-refractivity contribution in [3.05, 3.63) is 64.7 Å². The van der Waals surface area contributed by atoms with E-state index in [-0.39, 0.29) is 18.2 Å². The molecule has 158 valence electrons. The molecular weight excluding hydrogens is 396 g/mol. The molecule has 0 N–H and O–H groups in total. The smallest absolute Gasteiger partial charge is 0.262 e. The molecular formula is C24H22N2O5. The van der Waals surface area contributed by atoms with Crippen LogP contribution >= 0.6 is 0 Å². The number of likely N-dealkylation sites (tertiary alicyclic amines) is 1. The number of benzene rings is 2. The summed E-state index contributed by atoms with van der Waals surface area (Å²) < 4.78 is 6.25. The van der Waals surface area contributed by atoms with Crippen LogP contribution in [0.2, 0.25) is 0 Å². The molecule has 0 saturated carbocycles. The Kier molecular flexibility index (Phi) is 4.43. The number of Topliss-reactive ketones (excluding diaryl/α,β-unsaturated/α-hetero) is 1. The Labute approximate surface area is 179 Å². The summed E-state index contributed by atoms with van der Waals surface area (Å²) in [4.78, 5) is 53.2. The van der Waals surface area contributed by atoms with Crippen LogP contribution in [0, 0.1) is 6.92 Å². The van der Waals surface area contributed by atoms with E-state index < -0.39 is 17.4 Å². The first kappa shape index (κ1) is 19.5.